The van der Waals surface area contributed by atoms with E-state index in [9.17, 15) is 0 Å². The summed E-state index contributed by atoms with van der Waals surface area (Å²) in [5.41, 5.74) is 0.309. The molecule has 1 rings (SSSR count). The van der Waals surface area contributed by atoms with E-state index in [1.807, 2.05) is 13.0 Å². The topological polar surface area (TPSA) is 55.1 Å². The van der Waals surface area contributed by atoms with Gasteiger partial charge in [-0.3, -0.25) is 0 Å². The maximum atomic E-state index is 8.70. The molecule has 0 aliphatic carbocycles. The third kappa shape index (κ3) is 3.04. The summed E-state index contributed by atoms with van der Waals surface area (Å²) < 4.78 is 10.4. The number of rotatable bonds is 5. The van der Waals surface area contributed by atoms with Gasteiger partial charge in [-0.2, -0.15) is 5.26 Å². The van der Waals surface area contributed by atoms with Crippen LogP contribution >= 0.6 is 0 Å². The Hall–Kier alpha value is -1.60. The molecule has 0 aliphatic rings. The Morgan fingerprint density at radius 3 is 3.07 bits per heavy atom. The van der Waals surface area contributed by atoms with Crippen molar-refractivity contribution in [2.75, 3.05) is 19.8 Å². The fourth-order valence-corrected chi connectivity index (χ4v) is 0.946. The lowest BCUT2D eigenvalue weighted by molar-refractivity contribution is 0.110. The van der Waals surface area contributed by atoms with Gasteiger partial charge in [0.2, 0.25) is 0 Å². The fourth-order valence-electron chi connectivity index (χ4n) is 0.946. The summed E-state index contributed by atoms with van der Waals surface area (Å²) in [7, 11) is 0. The van der Waals surface area contributed by atoms with E-state index in [1.165, 1.54) is 0 Å². The second-order valence-corrected chi connectivity index (χ2v) is 2.51. The smallest absolute Gasteiger partial charge is 0.182 e. The van der Waals surface area contributed by atoms with Crippen LogP contribution in [-0.2, 0) is 4.74 Å². The molecule has 0 saturated carbocycles. The van der Waals surface area contributed by atoms with Crippen LogP contribution in [0, 0.1) is 11.3 Å². The zero-order chi connectivity index (χ0) is 10.2. The zero-order valence-corrected chi connectivity index (χ0v) is 8.06. The first-order valence-corrected chi connectivity index (χ1v) is 4.44. The van der Waals surface area contributed by atoms with E-state index in [0.717, 1.165) is 0 Å². The summed E-state index contributed by atoms with van der Waals surface area (Å²) in [6, 6.07) is 5.41. The molecule has 1 aromatic heterocycles. The lowest BCUT2D eigenvalue weighted by Crippen LogP contribution is -2.07. The number of hydrogen-bond donors (Lipinski definition) is 0. The number of ether oxygens (including phenoxy) is 2. The van der Waals surface area contributed by atoms with Crippen molar-refractivity contribution < 1.29 is 9.47 Å². The highest BCUT2D eigenvalue weighted by molar-refractivity contribution is 5.36. The maximum Gasteiger partial charge on any atom is 0.182 e. The van der Waals surface area contributed by atoms with Crippen LogP contribution in [0.3, 0.4) is 0 Å². The summed E-state index contributed by atoms with van der Waals surface area (Å²) in [6.07, 6.45) is 1.56. The van der Waals surface area contributed by atoms with Crippen molar-refractivity contribution in [3.05, 3.63) is 24.0 Å². The third-order valence-corrected chi connectivity index (χ3v) is 1.57. The minimum absolute atomic E-state index is 0.309. The van der Waals surface area contributed by atoms with Gasteiger partial charge in [0.15, 0.2) is 11.4 Å². The molecule has 0 amide bonds. The van der Waals surface area contributed by atoms with Gasteiger partial charge in [-0.05, 0) is 19.1 Å². The SMILES string of the molecule is CCOCCOc1cccnc1C#N. The van der Waals surface area contributed by atoms with Crippen LogP contribution in [0.4, 0.5) is 0 Å². The Morgan fingerprint density at radius 2 is 2.36 bits per heavy atom. The van der Waals surface area contributed by atoms with Gasteiger partial charge < -0.3 is 9.47 Å². The van der Waals surface area contributed by atoms with Crippen molar-refractivity contribution in [3.63, 3.8) is 0 Å². The van der Waals surface area contributed by atoms with Crippen LogP contribution in [-0.4, -0.2) is 24.8 Å². The van der Waals surface area contributed by atoms with Gasteiger partial charge in [0, 0.05) is 12.8 Å². The molecule has 74 valence electrons. The van der Waals surface area contributed by atoms with Crippen LogP contribution < -0.4 is 4.74 Å². The molecule has 0 N–H and O–H groups in total. The van der Waals surface area contributed by atoms with E-state index in [0.29, 0.717) is 31.3 Å². The monoisotopic (exact) mass is 192 g/mol. The highest BCUT2D eigenvalue weighted by Crippen LogP contribution is 2.13. The molecule has 4 heteroatoms. The predicted octanol–water partition coefficient (Wildman–Crippen LogP) is 1.37. The average molecular weight is 192 g/mol. The van der Waals surface area contributed by atoms with Crippen molar-refractivity contribution in [2.24, 2.45) is 0 Å². The molecule has 0 aliphatic heterocycles. The predicted molar refractivity (Wildman–Crippen MR) is 50.9 cm³/mol. The van der Waals surface area contributed by atoms with Crippen LogP contribution in [0.2, 0.25) is 0 Å². The normalized spacial score (nSPS) is 9.43. The maximum absolute atomic E-state index is 8.70. The van der Waals surface area contributed by atoms with Crippen LogP contribution in [0.5, 0.6) is 5.75 Å². The number of nitrogens with zero attached hydrogens (tertiary/aromatic N) is 2. The van der Waals surface area contributed by atoms with Gasteiger partial charge in [-0.15, -0.1) is 0 Å². The molecule has 0 radical (unpaired) electrons. The van der Waals surface area contributed by atoms with Crippen molar-refractivity contribution in [2.45, 2.75) is 6.92 Å². The van der Waals surface area contributed by atoms with Gasteiger partial charge in [0.05, 0.1) is 6.61 Å². The van der Waals surface area contributed by atoms with Gasteiger partial charge in [0.1, 0.15) is 12.7 Å². The Labute approximate surface area is 83.1 Å². The second-order valence-electron chi connectivity index (χ2n) is 2.51. The Bertz CT molecular complexity index is 320. The molecule has 14 heavy (non-hydrogen) atoms. The molecule has 0 atom stereocenters. The molecule has 0 fully saturated rings. The quantitative estimate of drug-likeness (QED) is 0.661. The molecule has 1 aromatic rings. The fraction of sp³-hybridized carbons (Fsp3) is 0.400. The Kier molecular flexibility index (Phi) is 4.45. The average Bonchev–Trinajstić information content (AvgIpc) is 2.25. The minimum Gasteiger partial charge on any atom is -0.488 e. The summed E-state index contributed by atoms with van der Waals surface area (Å²) >= 11 is 0. The van der Waals surface area contributed by atoms with Crippen LogP contribution in [0.1, 0.15) is 12.6 Å². The Balaban J connectivity index is 2.46. The molecule has 1 heterocycles. The first-order valence-electron chi connectivity index (χ1n) is 4.44. The van der Waals surface area contributed by atoms with Crippen molar-refractivity contribution in [1.29, 1.82) is 5.26 Å². The molecule has 0 unspecified atom stereocenters. The van der Waals surface area contributed by atoms with Crippen LogP contribution in [0.15, 0.2) is 18.3 Å². The van der Waals surface area contributed by atoms with E-state index < -0.39 is 0 Å². The first kappa shape index (κ1) is 10.5. The van der Waals surface area contributed by atoms with Gasteiger partial charge >= 0.3 is 0 Å². The summed E-state index contributed by atoms with van der Waals surface area (Å²) in [5.74, 6) is 0.509. The van der Waals surface area contributed by atoms with E-state index in [4.69, 9.17) is 14.7 Å². The first-order chi connectivity index (χ1) is 6.88. The van der Waals surface area contributed by atoms with Gasteiger partial charge in [-0.1, -0.05) is 0 Å². The Morgan fingerprint density at radius 1 is 1.50 bits per heavy atom. The van der Waals surface area contributed by atoms with Crippen LogP contribution in [0.25, 0.3) is 0 Å². The number of aromatic nitrogens is 1. The number of nitriles is 1. The minimum atomic E-state index is 0.309. The van der Waals surface area contributed by atoms with E-state index in [-0.39, 0.29) is 0 Å². The third-order valence-electron chi connectivity index (χ3n) is 1.57. The second kappa shape index (κ2) is 5.95. The van der Waals surface area contributed by atoms with Gasteiger partial charge in [-0.25, -0.2) is 4.98 Å². The van der Waals surface area contributed by atoms with Gasteiger partial charge in [0.25, 0.3) is 0 Å². The largest absolute Gasteiger partial charge is 0.488 e. The highest BCUT2D eigenvalue weighted by atomic mass is 16.5. The van der Waals surface area contributed by atoms with Crippen molar-refractivity contribution in [3.8, 4) is 11.8 Å². The summed E-state index contributed by atoms with van der Waals surface area (Å²) in [4.78, 5) is 3.87. The molecular weight excluding hydrogens is 180 g/mol. The lowest BCUT2D eigenvalue weighted by atomic mass is 10.3. The molecule has 0 spiro atoms. The zero-order valence-electron chi connectivity index (χ0n) is 8.06. The number of hydrogen-bond acceptors (Lipinski definition) is 4. The molecular formula is C10H12N2O2. The summed E-state index contributed by atoms with van der Waals surface area (Å²) in [6.45, 7) is 3.55. The van der Waals surface area contributed by atoms with E-state index >= 15 is 0 Å². The number of pyridine rings is 1. The van der Waals surface area contributed by atoms with E-state index in [2.05, 4.69) is 4.98 Å². The molecule has 0 saturated heterocycles. The van der Waals surface area contributed by atoms with Crippen molar-refractivity contribution >= 4 is 0 Å². The highest BCUT2D eigenvalue weighted by Gasteiger charge is 2.01. The molecule has 0 aromatic carbocycles. The standard InChI is InChI=1S/C10H12N2O2/c1-2-13-6-7-14-10-4-3-5-12-9(10)8-11/h3-5H,2,6-7H2,1H3. The van der Waals surface area contributed by atoms with E-state index in [1.54, 1.807) is 18.3 Å². The lowest BCUT2D eigenvalue weighted by Gasteiger charge is -2.06. The molecule has 0 bridgehead atoms. The van der Waals surface area contributed by atoms with Crippen molar-refractivity contribution in [1.82, 2.24) is 4.98 Å². The summed E-state index contributed by atoms with van der Waals surface area (Å²) in [5, 5.41) is 8.70. The molecule has 4 nitrogen and oxygen atoms in total.